The number of hydrogen-bond acceptors (Lipinski definition) is 3. The first-order valence-electron chi connectivity index (χ1n) is 6.25. The zero-order valence-corrected chi connectivity index (χ0v) is 12.8. The number of imidazole rings is 1. The van der Waals surface area contributed by atoms with Crippen molar-refractivity contribution in [2.75, 3.05) is 0 Å². The molecule has 21 heavy (non-hydrogen) atoms. The van der Waals surface area contributed by atoms with E-state index in [1.54, 1.807) is 12.1 Å². The highest BCUT2D eigenvalue weighted by molar-refractivity contribution is 9.10. The Labute approximate surface area is 129 Å². The van der Waals surface area contributed by atoms with Gasteiger partial charge in [-0.3, -0.25) is 4.79 Å². The molecule has 6 nitrogen and oxygen atoms in total. The summed E-state index contributed by atoms with van der Waals surface area (Å²) in [4.78, 5) is 30.2. The molecule has 1 atom stereocenters. The molecule has 0 aliphatic rings. The Hall–Kier alpha value is -2.15. The summed E-state index contributed by atoms with van der Waals surface area (Å²) in [6.45, 7) is 1.86. The predicted molar refractivity (Wildman–Crippen MR) is 80.1 cm³/mol. The van der Waals surface area contributed by atoms with Crippen LogP contribution in [0.2, 0.25) is 0 Å². The van der Waals surface area contributed by atoms with Crippen LogP contribution in [0.4, 0.5) is 0 Å². The van der Waals surface area contributed by atoms with Crippen LogP contribution in [0.15, 0.2) is 35.2 Å². The number of benzene rings is 1. The van der Waals surface area contributed by atoms with Gasteiger partial charge in [-0.05, 0) is 34.5 Å². The van der Waals surface area contributed by atoms with Crippen molar-refractivity contribution in [2.24, 2.45) is 0 Å². The highest BCUT2D eigenvalue weighted by Gasteiger charge is 2.22. The topological polar surface area (TPSA) is 95.1 Å². The standard InChI is InChI=1S/C14H14BrN3O3/c1-8-3-2-4-10(12(8)15)13(19)18-11(14(20)21)5-9-6-16-7-17-9/h2-4,6-7,11H,5H2,1H3,(H,16,17)(H,18,19)(H,20,21)/t11-/m0/s1. The Morgan fingerprint density at radius 2 is 2.24 bits per heavy atom. The predicted octanol–water partition coefficient (Wildman–Crippen LogP) is 1.91. The van der Waals surface area contributed by atoms with Gasteiger partial charge in [-0.25, -0.2) is 9.78 Å². The van der Waals surface area contributed by atoms with Crippen LogP contribution in [-0.4, -0.2) is 33.0 Å². The van der Waals surface area contributed by atoms with Crippen molar-refractivity contribution in [2.45, 2.75) is 19.4 Å². The largest absolute Gasteiger partial charge is 0.480 e. The molecule has 0 spiro atoms. The van der Waals surface area contributed by atoms with Crippen LogP contribution in [0, 0.1) is 6.92 Å². The monoisotopic (exact) mass is 351 g/mol. The number of amides is 1. The summed E-state index contributed by atoms with van der Waals surface area (Å²) >= 11 is 3.34. The molecule has 1 aromatic carbocycles. The van der Waals surface area contributed by atoms with E-state index in [9.17, 15) is 14.7 Å². The SMILES string of the molecule is Cc1cccc(C(=O)N[C@@H](Cc2cnc[nH]2)C(=O)O)c1Br. The lowest BCUT2D eigenvalue weighted by Gasteiger charge is -2.15. The molecule has 1 aromatic heterocycles. The summed E-state index contributed by atoms with van der Waals surface area (Å²) in [6, 6.07) is 4.23. The average molecular weight is 352 g/mol. The molecule has 110 valence electrons. The van der Waals surface area contributed by atoms with E-state index in [0.29, 0.717) is 15.7 Å². The Bertz CT molecular complexity index is 655. The van der Waals surface area contributed by atoms with Gasteiger partial charge in [-0.15, -0.1) is 0 Å². The number of carbonyl (C=O) groups is 2. The maximum atomic E-state index is 12.2. The number of carbonyl (C=O) groups excluding carboxylic acids is 1. The lowest BCUT2D eigenvalue weighted by molar-refractivity contribution is -0.139. The summed E-state index contributed by atoms with van der Waals surface area (Å²) in [6.07, 6.45) is 3.14. The smallest absolute Gasteiger partial charge is 0.326 e. The summed E-state index contributed by atoms with van der Waals surface area (Å²) < 4.78 is 0.660. The molecule has 1 heterocycles. The number of H-pyrrole nitrogens is 1. The van der Waals surface area contributed by atoms with Crippen molar-refractivity contribution in [3.05, 3.63) is 52.0 Å². The lowest BCUT2D eigenvalue weighted by Crippen LogP contribution is -2.42. The number of aliphatic carboxylic acids is 1. The molecule has 0 unspecified atom stereocenters. The quantitative estimate of drug-likeness (QED) is 0.766. The van der Waals surface area contributed by atoms with Gasteiger partial charge in [0.2, 0.25) is 0 Å². The van der Waals surface area contributed by atoms with Crippen LogP contribution in [-0.2, 0) is 11.2 Å². The minimum Gasteiger partial charge on any atom is -0.480 e. The van der Waals surface area contributed by atoms with E-state index in [0.717, 1.165) is 5.56 Å². The molecular formula is C14H14BrN3O3. The number of carboxylic acids is 1. The highest BCUT2D eigenvalue weighted by atomic mass is 79.9. The fraction of sp³-hybridized carbons (Fsp3) is 0.214. The molecule has 3 N–H and O–H groups in total. The fourth-order valence-corrected chi connectivity index (χ4v) is 2.32. The first kappa shape index (κ1) is 15.2. The normalized spacial score (nSPS) is 11.9. The van der Waals surface area contributed by atoms with E-state index in [-0.39, 0.29) is 6.42 Å². The summed E-state index contributed by atoms with van der Waals surface area (Å²) in [7, 11) is 0. The van der Waals surface area contributed by atoms with E-state index in [1.807, 2.05) is 13.0 Å². The molecule has 7 heteroatoms. The average Bonchev–Trinajstić information content (AvgIpc) is 2.93. The van der Waals surface area contributed by atoms with Crippen molar-refractivity contribution in [3.8, 4) is 0 Å². The number of hydrogen-bond donors (Lipinski definition) is 3. The van der Waals surface area contributed by atoms with Crippen LogP contribution in [0.1, 0.15) is 21.6 Å². The Morgan fingerprint density at radius 1 is 1.48 bits per heavy atom. The molecule has 0 bridgehead atoms. The minimum atomic E-state index is -1.10. The van der Waals surface area contributed by atoms with Gasteiger partial charge in [0.15, 0.2) is 0 Å². The molecule has 0 fully saturated rings. The van der Waals surface area contributed by atoms with Crippen LogP contribution in [0.5, 0.6) is 0 Å². The second kappa shape index (κ2) is 6.53. The number of aromatic amines is 1. The highest BCUT2D eigenvalue weighted by Crippen LogP contribution is 2.21. The van der Waals surface area contributed by atoms with E-state index in [2.05, 4.69) is 31.2 Å². The zero-order valence-electron chi connectivity index (χ0n) is 11.3. The van der Waals surface area contributed by atoms with Gasteiger partial charge in [-0.1, -0.05) is 12.1 Å². The Balaban J connectivity index is 2.15. The first-order chi connectivity index (χ1) is 9.99. The van der Waals surface area contributed by atoms with Crippen molar-refractivity contribution in [1.29, 1.82) is 0 Å². The van der Waals surface area contributed by atoms with Gasteiger partial charge >= 0.3 is 5.97 Å². The zero-order chi connectivity index (χ0) is 15.4. The summed E-state index contributed by atoms with van der Waals surface area (Å²) in [5.74, 6) is -1.53. The van der Waals surface area contributed by atoms with Crippen LogP contribution < -0.4 is 5.32 Å². The number of halogens is 1. The van der Waals surface area contributed by atoms with Crippen LogP contribution in [0.25, 0.3) is 0 Å². The summed E-state index contributed by atoms with van der Waals surface area (Å²) in [5.41, 5.74) is 1.96. The van der Waals surface area contributed by atoms with Gasteiger partial charge < -0.3 is 15.4 Å². The number of rotatable bonds is 5. The lowest BCUT2D eigenvalue weighted by atomic mass is 10.1. The molecule has 1 amide bonds. The van der Waals surface area contributed by atoms with Gasteiger partial charge in [0.05, 0.1) is 11.9 Å². The van der Waals surface area contributed by atoms with E-state index >= 15 is 0 Å². The molecule has 0 saturated carbocycles. The van der Waals surface area contributed by atoms with Crippen molar-refractivity contribution in [1.82, 2.24) is 15.3 Å². The number of carboxylic acid groups (broad SMARTS) is 1. The third-order valence-electron chi connectivity index (χ3n) is 3.02. The van der Waals surface area contributed by atoms with Gasteiger partial charge in [-0.2, -0.15) is 0 Å². The molecule has 0 aliphatic carbocycles. The van der Waals surface area contributed by atoms with Gasteiger partial charge in [0.25, 0.3) is 5.91 Å². The third kappa shape index (κ3) is 3.69. The molecular weight excluding hydrogens is 338 g/mol. The van der Waals surface area contributed by atoms with E-state index < -0.39 is 17.9 Å². The second-order valence-electron chi connectivity index (χ2n) is 4.58. The Morgan fingerprint density at radius 3 is 2.86 bits per heavy atom. The first-order valence-corrected chi connectivity index (χ1v) is 7.04. The second-order valence-corrected chi connectivity index (χ2v) is 5.37. The number of aryl methyl sites for hydroxylation is 1. The molecule has 0 radical (unpaired) electrons. The summed E-state index contributed by atoms with van der Waals surface area (Å²) in [5, 5.41) is 11.8. The number of aromatic nitrogens is 2. The van der Waals surface area contributed by atoms with E-state index in [1.165, 1.54) is 12.5 Å². The maximum absolute atomic E-state index is 12.2. The maximum Gasteiger partial charge on any atom is 0.326 e. The van der Waals surface area contributed by atoms with E-state index in [4.69, 9.17) is 0 Å². The number of nitrogens with one attached hydrogen (secondary N) is 2. The third-order valence-corrected chi connectivity index (χ3v) is 4.07. The van der Waals surface area contributed by atoms with Crippen molar-refractivity contribution in [3.63, 3.8) is 0 Å². The molecule has 2 rings (SSSR count). The Kier molecular flexibility index (Phi) is 4.74. The molecule has 0 aliphatic heterocycles. The number of nitrogens with zero attached hydrogens (tertiary/aromatic N) is 1. The minimum absolute atomic E-state index is 0.143. The fourth-order valence-electron chi connectivity index (χ4n) is 1.88. The van der Waals surface area contributed by atoms with Crippen molar-refractivity contribution < 1.29 is 14.7 Å². The molecule has 0 saturated heterocycles. The van der Waals surface area contributed by atoms with Gasteiger partial charge in [0, 0.05) is 22.8 Å². The molecule has 2 aromatic rings. The van der Waals surface area contributed by atoms with Crippen LogP contribution in [0.3, 0.4) is 0 Å². The van der Waals surface area contributed by atoms with Crippen LogP contribution >= 0.6 is 15.9 Å². The van der Waals surface area contributed by atoms with Gasteiger partial charge in [0.1, 0.15) is 6.04 Å². The van der Waals surface area contributed by atoms with Crippen molar-refractivity contribution >= 4 is 27.8 Å².